The normalized spacial score (nSPS) is 17.8. The number of aromatic nitrogens is 2. The van der Waals surface area contributed by atoms with Crippen LogP contribution in [-0.2, 0) is 6.42 Å². The highest BCUT2D eigenvalue weighted by atomic mass is 19.4. The molecule has 0 saturated heterocycles. The lowest BCUT2D eigenvalue weighted by atomic mass is 9.77. The number of rotatable bonds is 4. The van der Waals surface area contributed by atoms with Gasteiger partial charge in [0.25, 0.3) is 0 Å². The molecular formula is C25H22F4N2O. The van der Waals surface area contributed by atoms with Crippen LogP contribution in [0.4, 0.5) is 17.6 Å². The Balaban J connectivity index is 1.81. The van der Waals surface area contributed by atoms with Crippen LogP contribution in [-0.4, -0.2) is 21.3 Å². The second kappa shape index (κ2) is 8.37. The van der Waals surface area contributed by atoms with Gasteiger partial charge in [0.15, 0.2) is 0 Å². The maximum atomic E-state index is 15.1. The Bertz CT molecular complexity index is 1230. The zero-order valence-corrected chi connectivity index (χ0v) is 17.6. The van der Waals surface area contributed by atoms with E-state index in [0.717, 1.165) is 17.0 Å². The van der Waals surface area contributed by atoms with Gasteiger partial charge in [-0.2, -0.15) is 13.2 Å². The molecule has 0 saturated carbocycles. The van der Waals surface area contributed by atoms with Crippen molar-refractivity contribution in [1.29, 1.82) is 0 Å². The number of fused-ring (bicyclic) bond motifs is 1. The highest BCUT2D eigenvalue weighted by molar-refractivity contribution is 5.86. The molecule has 3 nitrogen and oxygen atoms in total. The van der Waals surface area contributed by atoms with E-state index >= 15 is 4.39 Å². The van der Waals surface area contributed by atoms with Crippen molar-refractivity contribution in [3.8, 4) is 5.75 Å². The molecule has 0 spiro atoms. The fourth-order valence-electron chi connectivity index (χ4n) is 4.23. The monoisotopic (exact) mass is 442 g/mol. The summed E-state index contributed by atoms with van der Waals surface area (Å²) < 4.78 is 54.3. The molecule has 2 unspecified atom stereocenters. The van der Waals surface area contributed by atoms with Crippen LogP contribution in [0, 0.1) is 19.8 Å². The fraction of sp³-hybridized carbons (Fsp3) is 0.280. The van der Waals surface area contributed by atoms with E-state index in [1.807, 2.05) is 31.2 Å². The molecule has 2 aromatic heterocycles. The van der Waals surface area contributed by atoms with Crippen LogP contribution in [0.2, 0.25) is 0 Å². The summed E-state index contributed by atoms with van der Waals surface area (Å²) in [5.41, 5.74) is 2.19. The number of allylic oxidation sites excluding steroid dienone is 4. The minimum absolute atomic E-state index is 0.0812. The van der Waals surface area contributed by atoms with Crippen LogP contribution in [0.25, 0.3) is 10.9 Å². The Morgan fingerprint density at radius 2 is 1.88 bits per heavy atom. The van der Waals surface area contributed by atoms with Crippen LogP contribution in [0.5, 0.6) is 5.75 Å². The van der Waals surface area contributed by atoms with Gasteiger partial charge in [0.1, 0.15) is 17.1 Å². The van der Waals surface area contributed by atoms with E-state index in [0.29, 0.717) is 28.5 Å². The quantitative estimate of drug-likeness (QED) is 0.461. The minimum atomic E-state index is -4.61. The first kappa shape index (κ1) is 22.0. The smallest absolute Gasteiger partial charge is 0.416 e. The number of benzene rings is 1. The topological polar surface area (TPSA) is 46.0 Å². The van der Waals surface area contributed by atoms with E-state index in [4.69, 9.17) is 0 Å². The molecule has 1 aliphatic rings. The average Bonchev–Trinajstić information content (AvgIpc) is 2.73. The lowest BCUT2D eigenvalue weighted by Crippen LogP contribution is -2.22. The Labute approximate surface area is 183 Å². The first-order valence-electron chi connectivity index (χ1n) is 10.3. The van der Waals surface area contributed by atoms with E-state index in [1.54, 1.807) is 25.3 Å². The number of aryl methyl sites for hydroxylation is 2. The SMILES string of the molecule is Cc1ccnc(CC(c2ccc3ccc(C)nc3c2O)C2CC=C(C(F)(F)F)C=C2F)c1. The van der Waals surface area contributed by atoms with Crippen LogP contribution in [0.1, 0.15) is 34.9 Å². The third kappa shape index (κ3) is 4.38. The van der Waals surface area contributed by atoms with Crippen molar-refractivity contribution in [3.63, 3.8) is 0 Å². The Morgan fingerprint density at radius 1 is 1.12 bits per heavy atom. The van der Waals surface area contributed by atoms with Gasteiger partial charge in [-0.3, -0.25) is 4.98 Å². The minimum Gasteiger partial charge on any atom is -0.505 e. The van der Waals surface area contributed by atoms with Gasteiger partial charge in [-0.1, -0.05) is 24.3 Å². The lowest BCUT2D eigenvalue weighted by molar-refractivity contribution is -0.0890. The third-order valence-electron chi connectivity index (χ3n) is 5.86. The lowest BCUT2D eigenvalue weighted by Gasteiger charge is -2.29. The molecule has 32 heavy (non-hydrogen) atoms. The third-order valence-corrected chi connectivity index (χ3v) is 5.86. The van der Waals surface area contributed by atoms with Gasteiger partial charge in [-0.25, -0.2) is 9.37 Å². The van der Waals surface area contributed by atoms with Gasteiger partial charge in [-0.05, 0) is 56.5 Å². The largest absolute Gasteiger partial charge is 0.505 e. The molecule has 0 aliphatic heterocycles. The summed E-state index contributed by atoms with van der Waals surface area (Å²) in [5, 5.41) is 11.8. The Hall–Kier alpha value is -3.22. The van der Waals surface area contributed by atoms with Crippen molar-refractivity contribution in [2.75, 3.05) is 0 Å². The predicted molar refractivity (Wildman–Crippen MR) is 115 cm³/mol. The van der Waals surface area contributed by atoms with Gasteiger partial charge in [0.2, 0.25) is 0 Å². The van der Waals surface area contributed by atoms with Crippen molar-refractivity contribution >= 4 is 10.9 Å². The van der Waals surface area contributed by atoms with Gasteiger partial charge >= 0.3 is 6.18 Å². The summed E-state index contributed by atoms with van der Waals surface area (Å²) in [6, 6.07) is 10.8. The number of pyridine rings is 2. The number of hydrogen-bond donors (Lipinski definition) is 1. The zero-order valence-electron chi connectivity index (χ0n) is 17.6. The van der Waals surface area contributed by atoms with Crippen molar-refractivity contribution in [3.05, 3.63) is 88.7 Å². The molecule has 3 aromatic rings. The van der Waals surface area contributed by atoms with Crippen LogP contribution in [0.3, 0.4) is 0 Å². The first-order chi connectivity index (χ1) is 15.1. The molecule has 2 atom stereocenters. The fourth-order valence-corrected chi connectivity index (χ4v) is 4.23. The zero-order chi connectivity index (χ0) is 23.0. The maximum absolute atomic E-state index is 15.1. The van der Waals surface area contributed by atoms with Gasteiger partial charge < -0.3 is 5.11 Å². The van der Waals surface area contributed by atoms with E-state index in [1.165, 1.54) is 0 Å². The standard InChI is InChI=1S/C25H22F4N2O/c1-14-9-10-30-18(11-14)13-21(19-8-6-17(12-22(19)26)25(27,28)29)20-7-5-16-4-3-15(2)31-23(16)24(20)32/h3-7,9-12,19,21,32H,8,13H2,1-2H3. The van der Waals surface area contributed by atoms with Crippen LogP contribution < -0.4 is 0 Å². The van der Waals surface area contributed by atoms with Crippen molar-refractivity contribution in [2.24, 2.45) is 5.92 Å². The van der Waals surface area contributed by atoms with Crippen molar-refractivity contribution in [1.82, 2.24) is 9.97 Å². The molecule has 4 rings (SSSR count). The molecule has 0 fully saturated rings. The van der Waals surface area contributed by atoms with E-state index in [9.17, 15) is 18.3 Å². The van der Waals surface area contributed by atoms with Crippen molar-refractivity contribution < 1.29 is 22.7 Å². The summed E-state index contributed by atoms with van der Waals surface area (Å²) in [6.45, 7) is 3.70. The summed E-state index contributed by atoms with van der Waals surface area (Å²) in [7, 11) is 0. The molecule has 166 valence electrons. The summed E-state index contributed by atoms with van der Waals surface area (Å²) in [5.74, 6) is -2.42. The highest BCUT2D eigenvalue weighted by Crippen LogP contribution is 2.45. The summed E-state index contributed by atoms with van der Waals surface area (Å²) >= 11 is 0. The number of phenolic OH excluding ortho intramolecular Hbond substituents is 1. The molecule has 1 aromatic carbocycles. The number of halogens is 4. The summed E-state index contributed by atoms with van der Waals surface area (Å²) in [6.07, 6.45) is -1.26. The maximum Gasteiger partial charge on any atom is 0.416 e. The van der Waals surface area contributed by atoms with E-state index < -0.39 is 29.4 Å². The summed E-state index contributed by atoms with van der Waals surface area (Å²) in [4.78, 5) is 8.76. The number of phenols is 1. The molecule has 2 heterocycles. The van der Waals surface area contributed by atoms with Crippen molar-refractivity contribution in [2.45, 2.75) is 38.8 Å². The molecule has 7 heteroatoms. The second-order valence-corrected chi connectivity index (χ2v) is 8.19. The molecular weight excluding hydrogens is 420 g/mol. The molecule has 0 radical (unpaired) electrons. The molecule has 0 bridgehead atoms. The Kier molecular flexibility index (Phi) is 5.75. The second-order valence-electron chi connectivity index (χ2n) is 8.19. The van der Waals surface area contributed by atoms with E-state index in [-0.39, 0.29) is 18.6 Å². The van der Waals surface area contributed by atoms with E-state index in [2.05, 4.69) is 9.97 Å². The number of aromatic hydroxyl groups is 1. The average molecular weight is 442 g/mol. The van der Waals surface area contributed by atoms with Crippen LogP contribution >= 0.6 is 0 Å². The number of nitrogens with zero attached hydrogens (tertiary/aromatic N) is 2. The molecule has 1 aliphatic carbocycles. The Morgan fingerprint density at radius 3 is 2.56 bits per heavy atom. The first-order valence-corrected chi connectivity index (χ1v) is 10.3. The van der Waals surface area contributed by atoms with Gasteiger partial charge in [0.05, 0.1) is 5.57 Å². The number of hydrogen-bond acceptors (Lipinski definition) is 3. The van der Waals surface area contributed by atoms with Crippen LogP contribution in [0.15, 0.2) is 66.1 Å². The molecule has 1 N–H and O–H groups in total. The van der Waals surface area contributed by atoms with Gasteiger partial charge in [-0.15, -0.1) is 0 Å². The highest BCUT2D eigenvalue weighted by Gasteiger charge is 2.38. The molecule has 0 amide bonds. The van der Waals surface area contributed by atoms with Gasteiger partial charge in [0, 0.05) is 40.4 Å². The number of alkyl halides is 3. The predicted octanol–water partition coefficient (Wildman–Crippen LogP) is 6.64.